The van der Waals surface area contributed by atoms with Crippen molar-refractivity contribution >= 4 is 17.5 Å². The average Bonchev–Trinajstić information content (AvgIpc) is 2.52. The minimum Gasteiger partial charge on any atom is -0.356 e. The molecular formula is C20H31N3O2. The maximum atomic E-state index is 12.3. The Labute approximate surface area is 151 Å². The van der Waals surface area contributed by atoms with Crippen LogP contribution in [0.5, 0.6) is 0 Å². The summed E-state index contributed by atoms with van der Waals surface area (Å²) in [5.41, 5.74) is 3.14. The first-order valence-electron chi connectivity index (χ1n) is 9.21. The summed E-state index contributed by atoms with van der Waals surface area (Å²) in [6.07, 6.45) is 1.64. The Morgan fingerprint density at radius 3 is 2.28 bits per heavy atom. The van der Waals surface area contributed by atoms with Gasteiger partial charge in [-0.25, -0.2) is 0 Å². The zero-order valence-corrected chi connectivity index (χ0v) is 15.9. The van der Waals surface area contributed by atoms with Gasteiger partial charge in [0.1, 0.15) is 0 Å². The zero-order valence-electron chi connectivity index (χ0n) is 15.9. The molecule has 138 valence electrons. The van der Waals surface area contributed by atoms with Crippen LogP contribution in [0.15, 0.2) is 18.2 Å². The molecule has 0 bridgehead atoms. The summed E-state index contributed by atoms with van der Waals surface area (Å²) in [4.78, 5) is 26.5. The molecule has 1 heterocycles. The zero-order chi connectivity index (χ0) is 18.4. The van der Waals surface area contributed by atoms with E-state index < -0.39 is 0 Å². The molecule has 0 atom stereocenters. The second-order valence-electron chi connectivity index (χ2n) is 7.61. The van der Waals surface area contributed by atoms with Crippen molar-refractivity contribution in [1.29, 1.82) is 0 Å². The lowest BCUT2D eigenvalue weighted by Crippen LogP contribution is -2.43. The number of amides is 2. The van der Waals surface area contributed by atoms with E-state index in [2.05, 4.69) is 35.4 Å². The van der Waals surface area contributed by atoms with Gasteiger partial charge in [-0.2, -0.15) is 0 Å². The number of hydrogen-bond acceptors (Lipinski definition) is 3. The summed E-state index contributed by atoms with van der Waals surface area (Å²) in [5, 5.41) is 5.99. The smallest absolute Gasteiger partial charge is 0.238 e. The minimum absolute atomic E-state index is 0.00714. The Hall–Kier alpha value is -1.88. The van der Waals surface area contributed by atoms with Crippen LogP contribution in [-0.2, 0) is 9.59 Å². The molecule has 2 N–H and O–H groups in total. The number of anilines is 1. The van der Waals surface area contributed by atoms with Crippen LogP contribution in [-0.4, -0.2) is 42.9 Å². The average molecular weight is 345 g/mol. The summed E-state index contributed by atoms with van der Waals surface area (Å²) in [7, 11) is 0. The van der Waals surface area contributed by atoms with E-state index in [0.717, 1.165) is 49.3 Å². The third-order valence-electron chi connectivity index (χ3n) is 4.52. The van der Waals surface area contributed by atoms with Gasteiger partial charge in [-0.05, 0) is 69.0 Å². The normalized spacial score (nSPS) is 16.0. The highest BCUT2D eigenvalue weighted by molar-refractivity contribution is 5.92. The van der Waals surface area contributed by atoms with E-state index in [0.29, 0.717) is 12.5 Å². The summed E-state index contributed by atoms with van der Waals surface area (Å²) in [5.74, 6) is 0.719. The van der Waals surface area contributed by atoms with Crippen molar-refractivity contribution < 1.29 is 9.59 Å². The van der Waals surface area contributed by atoms with Crippen molar-refractivity contribution in [3.8, 4) is 0 Å². The van der Waals surface area contributed by atoms with Gasteiger partial charge in [0.15, 0.2) is 0 Å². The topological polar surface area (TPSA) is 61.4 Å². The van der Waals surface area contributed by atoms with E-state index in [-0.39, 0.29) is 17.7 Å². The molecule has 1 saturated heterocycles. The molecule has 1 aliphatic rings. The lowest BCUT2D eigenvalue weighted by Gasteiger charge is -2.30. The van der Waals surface area contributed by atoms with Crippen molar-refractivity contribution in [2.24, 2.45) is 11.8 Å². The van der Waals surface area contributed by atoms with Gasteiger partial charge < -0.3 is 10.6 Å². The van der Waals surface area contributed by atoms with Gasteiger partial charge in [-0.3, -0.25) is 14.5 Å². The van der Waals surface area contributed by atoms with Crippen LogP contribution in [0.25, 0.3) is 0 Å². The summed E-state index contributed by atoms with van der Waals surface area (Å²) >= 11 is 0. The first kappa shape index (κ1) is 19.4. The third-order valence-corrected chi connectivity index (χ3v) is 4.52. The van der Waals surface area contributed by atoms with Crippen molar-refractivity contribution in [2.75, 3.05) is 31.5 Å². The molecular weight excluding hydrogens is 314 g/mol. The van der Waals surface area contributed by atoms with Crippen LogP contribution < -0.4 is 10.6 Å². The quantitative estimate of drug-likeness (QED) is 0.833. The largest absolute Gasteiger partial charge is 0.356 e. The van der Waals surface area contributed by atoms with E-state index in [1.165, 1.54) is 0 Å². The van der Waals surface area contributed by atoms with Gasteiger partial charge in [-0.15, -0.1) is 0 Å². The first-order valence-corrected chi connectivity index (χ1v) is 9.21. The minimum atomic E-state index is 0.00714. The van der Waals surface area contributed by atoms with Crippen molar-refractivity contribution in [1.82, 2.24) is 10.2 Å². The van der Waals surface area contributed by atoms with E-state index in [1.807, 2.05) is 26.0 Å². The van der Waals surface area contributed by atoms with Crippen molar-refractivity contribution in [2.45, 2.75) is 40.5 Å². The molecule has 0 saturated carbocycles. The number of piperidine rings is 1. The SMILES string of the molecule is Cc1cc(C)cc(NC(=O)CN2CCC(C(=O)NCC(C)C)CC2)c1. The summed E-state index contributed by atoms with van der Waals surface area (Å²) in [6, 6.07) is 6.05. The Kier molecular flexibility index (Phi) is 7.00. The summed E-state index contributed by atoms with van der Waals surface area (Å²) < 4.78 is 0. The highest BCUT2D eigenvalue weighted by atomic mass is 16.2. The van der Waals surface area contributed by atoms with E-state index in [4.69, 9.17) is 0 Å². The maximum Gasteiger partial charge on any atom is 0.238 e. The number of aryl methyl sites for hydroxylation is 2. The van der Waals surface area contributed by atoms with Crippen LogP contribution in [0.4, 0.5) is 5.69 Å². The van der Waals surface area contributed by atoms with Crippen LogP contribution in [0.3, 0.4) is 0 Å². The fourth-order valence-corrected chi connectivity index (χ4v) is 3.25. The lowest BCUT2D eigenvalue weighted by atomic mass is 9.95. The maximum absolute atomic E-state index is 12.3. The van der Waals surface area contributed by atoms with Gasteiger partial charge in [0.2, 0.25) is 11.8 Å². The van der Waals surface area contributed by atoms with Gasteiger partial charge in [0.25, 0.3) is 0 Å². The number of benzene rings is 1. The molecule has 0 aliphatic carbocycles. The number of carbonyl (C=O) groups excluding carboxylic acids is 2. The van der Waals surface area contributed by atoms with Crippen molar-refractivity contribution in [3.05, 3.63) is 29.3 Å². The number of nitrogens with zero attached hydrogens (tertiary/aromatic N) is 1. The second-order valence-corrected chi connectivity index (χ2v) is 7.61. The first-order chi connectivity index (χ1) is 11.8. The van der Waals surface area contributed by atoms with Crippen LogP contribution in [0, 0.1) is 25.7 Å². The number of rotatable bonds is 6. The highest BCUT2D eigenvalue weighted by Gasteiger charge is 2.25. The molecule has 0 spiro atoms. The summed E-state index contributed by atoms with van der Waals surface area (Å²) in [6.45, 7) is 10.9. The third kappa shape index (κ3) is 6.50. The molecule has 5 nitrogen and oxygen atoms in total. The van der Waals surface area contributed by atoms with Crippen LogP contribution in [0.1, 0.15) is 37.8 Å². The Balaban J connectivity index is 1.75. The molecule has 2 amide bonds. The van der Waals surface area contributed by atoms with Gasteiger partial charge in [-0.1, -0.05) is 19.9 Å². The predicted octanol–water partition coefficient (Wildman–Crippen LogP) is 2.73. The van der Waals surface area contributed by atoms with Gasteiger partial charge in [0.05, 0.1) is 6.54 Å². The Morgan fingerprint density at radius 2 is 1.72 bits per heavy atom. The van der Waals surface area contributed by atoms with E-state index in [9.17, 15) is 9.59 Å². The molecule has 1 aromatic carbocycles. The fraction of sp³-hybridized carbons (Fsp3) is 0.600. The molecule has 1 aliphatic heterocycles. The fourth-order valence-electron chi connectivity index (χ4n) is 3.25. The van der Waals surface area contributed by atoms with E-state index in [1.54, 1.807) is 0 Å². The number of hydrogen-bond donors (Lipinski definition) is 2. The molecule has 0 aromatic heterocycles. The van der Waals surface area contributed by atoms with Crippen molar-refractivity contribution in [3.63, 3.8) is 0 Å². The molecule has 0 unspecified atom stereocenters. The van der Waals surface area contributed by atoms with Gasteiger partial charge in [0, 0.05) is 18.2 Å². The molecule has 2 rings (SSSR count). The molecule has 1 fully saturated rings. The standard InChI is InChI=1S/C20H31N3O2/c1-14(2)12-21-20(25)17-5-7-23(8-6-17)13-19(24)22-18-10-15(3)9-16(4)11-18/h9-11,14,17H,5-8,12-13H2,1-4H3,(H,21,25)(H,22,24). The number of likely N-dealkylation sites (tertiary alicyclic amines) is 1. The lowest BCUT2D eigenvalue weighted by molar-refractivity contribution is -0.126. The number of carbonyl (C=O) groups is 2. The predicted molar refractivity (Wildman–Crippen MR) is 102 cm³/mol. The van der Waals surface area contributed by atoms with E-state index >= 15 is 0 Å². The molecule has 1 aromatic rings. The molecule has 0 radical (unpaired) electrons. The number of nitrogens with one attached hydrogen (secondary N) is 2. The van der Waals surface area contributed by atoms with Gasteiger partial charge >= 0.3 is 0 Å². The van der Waals surface area contributed by atoms with Crippen LogP contribution in [0.2, 0.25) is 0 Å². The Morgan fingerprint density at radius 1 is 1.12 bits per heavy atom. The molecule has 5 heteroatoms. The Bertz CT molecular complexity index is 585. The van der Waals surface area contributed by atoms with Crippen LogP contribution >= 0.6 is 0 Å². The molecule has 25 heavy (non-hydrogen) atoms. The monoisotopic (exact) mass is 345 g/mol. The highest BCUT2D eigenvalue weighted by Crippen LogP contribution is 2.18. The second kappa shape index (κ2) is 8.99.